The first-order valence-corrected chi connectivity index (χ1v) is 4.63. The molecule has 1 atom stereocenters. The number of phenolic OH excluding ortho intramolecular Hbond substituents is 2. The molecule has 0 heterocycles. The zero-order chi connectivity index (χ0) is 12.1. The summed E-state index contributed by atoms with van der Waals surface area (Å²) >= 11 is 0. The Hall–Kier alpha value is -1.79. The molecule has 0 bridgehead atoms. The second-order valence-corrected chi connectivity index (χ2v) is 3.25. The standard InChI is InChI=1S/C10H13NO5/c12-5-7(13)4-11-10(16)6-1-2-8(14)9(15)3-6/h1-3,7,12-15H,4-5H2,(H,11,16). The van der Waals surface area contributed by atoms with E-state index in [9.17, 15) is 4.79 Å². The molecule has 0 aliphatic heterocycles. The molecule has 0 aromatic heterocycles. The Morgan fingerprint density at radius 3 is 2.56 bits per heavy atom. The molecule has 1 amide bonds. The van der Waals surface area contributed by atoms with Gasteiger partial charge in [0.05, 0.1) is 12.7 Å². The fourth-order valence-corrected chi connectivity index (χ4v) is 1.04. The Bertz CT molecular complexity index is 379. The van der Waals surface area contributed by atoms with Crippen LogP contribution >= 0.6 is 0 Å². The van der Waals surface area contributed by atoms with Crippen LogP contribution in [-0.4, -0.2) is 45.6 Å². The Morgan fingerprint density at radius 2 is 2.00 bits per heavy atom. The lowest BCUT2D eigenvalue weighted by Gasteiger charge is -2.09. The zero-order valence-electron chi connectivity index (χ0n) is 8.42. The fourth-order valence-electron chi connectivity index (χ4n) is 1.04. The van der Waals surface area contributed by atoms with Gasteiger partial charge in [-0.3, -0.25) is 4.79 Å². The molecular weight excluding hydrogens is 214 g/mol. The Kier molecular flexibility index (Phi) is 4.10. The average Bonchev–Trinajstić information content (AvgIpc) is 2.29. The predicted octanol–water partition coefficient (Wildman–Crippen LogP) is -0.819. The van der Waals surface area contributed by atoms with Crippen LogP contribution in [0.5, 0.6) is 11.5 Å². The number of carbonyl (C=O) groups is 1. The van der Waals surface area contributed by atoms with Gasteiger partial charge in [0.2, 0.25) is 0 Å². The number of aliphatic hydroxyl groups is 2. The quantitative estimate of drug-likeness (QED) is 0.432. The molecule has 0 aliphatic rings. The summed E-state index contributed by atoms with van der Waals surface area (Å²) in [6.45, 7) is -0.530. The molecule has 88 valence electrons. The summed E-state index contributed by atoms with van der Waals surface area (Å²) in [6, 6.07) is 3.62. The van der Waals surface area contributed by atoms with Crippen molar-refractivity contribution in [2.75, 3.05) is 13.2 Å². The molecule has 0 fully saturated rings. The van der Waals surface area contributed by atoms with E-state index < -0.39 is 24.4 Å². The minimum absolute atomic E-state index is 0.0863. The van der Waals surface area contributed by atoms with Gasteiger partial charge in [-0.2, -0.15) is 0 Å². The summed E-state index contributed by atoms with van der Waals surface area (Å²) < 4.78 is 0. The fraction of sp³-hybridized carbons (Fsp3) is 0.300. The number of hydrogen-bond donors (Lipinski definition) is 5. The van der Waals surface area contributed by atoms with E-state index in [1.54, 1.807) is 0 Å². The lowest BCUT2D eigenvalue weighted by Crippen LogP contribution is -2.33. The largest absolute Gasteiger partial charge is 0.504 e. The highest BCUT2D eigenvalue weighted by molar-refractivity contribution is 5.94. The van der Waals surface area contributed by atoms with E-state index in [4.69, 9.17) is 20.4 Å². The first-order chi connectivity index (χ1) is 7.54. The predicted molar refractivity (Wildman–Crippen MR) is 55.2 cm³/mol. The molecule has 1 aromatic carbocycles. The third kappa shape index (κ3) is 3.11. The summed E-state index contributed by atoms with van der Waals surface area (Å²) in [5.41, 5.74) is 0.153. The number of benzene rings is 1. The van der Waals surface area contributed by atoms with Crippen LogP contribution in [0, 0.1) is 0 Å². The van der Waals surface area contributed by atoms with Gasteiger partial charge in [-0.25, -0.2) is 0 Å². The van der Waals surface area contributed by atoms with Gasteiger partial charge >= 0.3 is 0 Å². The van der Waals surface area contributed by atoms with Crippen molar-refractivity contribution < 1.29 is 25.2 Å². The van der Waals surface area contributed by atoms with Gasteiger partial charge < -0.3 is 25.7 Å². The number of hydrogen-bond acceptors (Lipinski definition) is 5. The number of aliphatic hydroxyl groups excluding tert-OH is 2. The summed E-state index contributed by atoms with van der Waals surface area (Å²) in [5.74, 6) is -1.22. The van der Waals surface area contributed by atoms with Crippen LogP contribution in [0.25, 0.3) is 0 Å². The van der Waals surface area contributed by atoms with Gasteiger partial charge in [0.15, 0.2) is 11.5 Å². The Labute approximate surface area is 91.8 Å². The number of amides is 1. The topological polar surface area (TPSA) is 110 Å². The van der Waals surface area contributed by atoms with Gasteiger partial charge in [-0.15, -0.1) is 0 Å². The third-order valence-corrected chi connectivity index (χ3v) is 1.95. The highest BCUT2D eigenvalue weighted by Gasteiger charge is 2.10. The van der Waals surface area contributed by atoms with Crippen LogP contribution in [0.15, 0.2) is 18.2 Å². The minimum Gasteiger partial charge on any atom is -0.504 e. The van der Waals surface area contributed by atoms with Crippen LogP contribution in [0.4, 0.5) is 0 Å². The van der Waals surface area contributed by atoms with Gasteiger partial charge in [-0.1, -0.05) is 0 Å². The first kappa shape index (κ1) is 12.3. The van der Waals surface area contributed by atoms with Crippen LogP contribution in [0.1, 0.15) is 10.4 Å². The van der Waals surface area contributed by atoms with Crippen molar-refractivity contribution in [1.82, 2.24) is 5.32 Å². The highest BCUT2D eigenvalue weighted by atomic mass is 16.3. The minimum atomic E-state index is -1.02. The molecule has 6 heteroatoms. The lowest BCUT2D eigenvalue weighted by atomic mass is 10.2. The zero-order valence-corrected chi connectivity index (χ0v) is 8.42. The molecule has 0 saturated heterocycles. The lowest BCUT2D eigenvalue weighted by molar-refractivity contribution is 0.0801. The first-order valence-electron chi connectivity index (χ1n) is 4.63. The molecule has 16 heavy (non-hydrogen) atoms. The second kappa shape index (κ2) is 5.34. The summed E-state index contributed by atoms with van der Waals surface area (Å²) in [7, 11) is 0. The normalized spacial score (nSPS) is 12.1. The number of rotatable bonds is 4. The maximum absolute atomic E-state index is 11.4. The number of nitrogens with one attached hydrogen (secondary N) is 1. The van der Waals surface area contributed by atoms with Gasteiger partial charge in [0, 0.05) is 12.1 Å². The maximum atomic E-state index is 11.4. The van der Waals surface area contributed by atoms with E-state index >= 15 is 0 Å². The van der Waals surface area contributed by atoms with Crippen LogP contribution in [0.3, 0.4) is 0 Å². The molecular formula is C10H13NO5. The van der Waals surface area contributed by atoms with Crippen molar-refractivity contribution in [2.24, 2.45) is 0 Å². The smallest absolute Gasteiger partial charge is 0.251 e. The van der Waals surface area contributed by atoms with Crippen LogP contribution in [-0.2, 0) is 0 Å². The molecule has 0 aliphatic carbocycles. The van der Waals surface area contributed by atoms with Crippen molar-refractivity contribution in [2.45, 2.75) is 6.10 Å². The molecule has 0 saturated carbocycles. The van der Waals surface area contributed by atoms with Crippen LogP contribution in [0.2, 0.25) is 0 Å². The molecule has 5 N–H and O–H groups in total. The van der Waals surface area contributed by atoms with Crippen molar-refractivity contribution >= 4 is 5.91 Å². The van der Waals surface area contributed by atoms with Crippen molar-refractivity contribution in [3.05, 3.63) is 23.8 Å². The van der Waals surface area contributed by atoms with E-state index in [0.29, 0.717) is 0 Å². The third-order valence-electron chi connectivity index (χ3n) is 1.95. The molecule has 1 aromatic rings. The van der Waals surface area contributed by atoms with E-state index in [-0.39, 0.29) is 17.9 Å². The summed E-state index contributed by atoms with van der Waals surface area (Å²) in [6.07, 6.45) is -1.02. The van der Waals surface area contributed by atoms with Gasteiger partial charge in [0.25, 0.3) is 5.91 Å². The van der Waals surface area contributed by atoms with Crippen molar-refractivity contribution in [3.8, 4) is 11.5 Å². The van der Waals surface area contributed by atoms with E-state index in [2.05, 4.69) is 5.32 Å². The molecule has 0 radical (unpaired) electrons. The summed E-state index contributed by atoms with van der Waals surface area (Å²) in [5, 5.41) is 38.1. The van der Waals surface area contributed by atoms with Crippen LogP contribution < -0.4 is 5.32 Å². The Balaban J connectivity index is 2.63. The average molecular weight is 227 g/mol. The molecule has 0 spiro atoms. The monoisotopic (exact) mass is 227 g/mol. The highest BCUT2D eigenvalue weighted by Crippen LogP contribution is 2.24. The van der Waals surface area contributed by atoms with Crippen molar-refractivity contribution in [3.63, 3.8) is 0 Å². The molecule has 1 unspecified atom stereocenters. The SMILES string of the molecule is O=C(NCC(O)CO)c1ccc(O)c(O)c1. The number of aromatic hydroxyl groups is 2. The van der Waals surface area contributed by atoms with E-state index in [1.807, 2.05) is 0 Å². The molecule has 6 nitrogen and oxygen atoms in total. The van der Waals surface area contributed by atoms with E-state index in [1.165, 1.54) is 12.1 Å². The van der Waals surface area contributed by atoms with E-state index in [0.717, 1.165) is 6.07 Å². The molecule has 1 rings (SSSR count). The second-order valence-electron chi connectivity index (χ2n) is 3.25. The maximum Gasteiger partial charge on any atom is 0.251 e. The summed E-state index contributed by atoms with van der Waals surface area (Å²) in [4.78, 5) is 11.4. The van der Waals surface area contributed by atoms with Crippen molar-refractivity contribution in [1.29, 1.82) is 0 Å². The number of phenols is 2. The van der Waals surface area contributed by atoms with Gasteiger partial charge in [-0.05, 0) is 18.2 Å². The Morgan fingerprint density at radius 1 is 1.31 bits per heavy atom. The number of carbonyl (C=O) groups excluding carboxylic acids is 1. The van der Waals surface area contributed by atoms with Gasteiger partial charge in [0.1, 0.15) is 0 Å².